The van der Waals surface area contributed by atoms with Gasteiger partial charge in [-0.25, -0.2) is 0 Å². The zero-order chi connectivity index (χ0) is 12.3. The maximum atomic E-state index is 9.08. The van der Waals surface area contributed by atoms with Gasteiger partial charge >= 0.3 is 0 Å². The second-order valence-corrected chi connectivity index (χ2v) is 5.02. The second kappa shape index (κ2) is 5.33. The summed E-state index contributed by atoms with van der Waals surface area (Å²) in [5.41, 5.74) is 2.66. The molecule has 1 N–H and O–H groups in total. The number of nitrogens with zero attached hydrogens (tertiary/aromatic N) is 1. The molecule has 1 aliphatic carbocycles. The fourth-order valence-electron chi connectivity index (χ4n) is 2.80. The molecule has 0 aromatic heterocycles. The van der Waals surface area contributed by atoms with Gasteiger partial charge in [-0.2, -0.15) is 5.26 Å². The molecule has 1 saturated carbocycles. The first-order valence-electron chi connectivity index (χ1n) is 6.43. The van der Waals surface area contributed by atoms with E-state index in [0.29, 0.717) is 12.1 Å². The van der Waals surface area contributed by atoms with Gasteiger partial charge in [-0.3, -0.25) is 0 Å². The van der Waals surface area contributed by atoms with Crippen molar-refractivity contribution in [3.63, 3.8) is 0 Å². The summed E-state index contributed by atoms with van der Waals surface area (Å²) in [7, 11) is 0. The highest BCUT2D eigenvalue weighted by Gasteiger charge is 2.28. The Morgan fingerprint density at radius 3 is 2.82 bits per heavy atom. The predicted octanol–water partition coefficient (Wildman–Crippen LogP) is 3.34. The lowest BCUT2D eigenvalue weighted by molar-refractivity contribution is 0.417. The number of hydrogen-bond donors (Lipinski definition) is 1. The van der Waals surface area contributed by atoms with Gasteiger partial charge in [0.25, 0.3) is 0 Å². The van der Waals surface area contributed by atoms with Gasteiger partial charge in [0.05, 0.1) is 12.0 Å². The lowest BCUT2D eigenvalue weighted by Gasteiger charge is -2.23. The Bertz CT molecular complexity index is 419. The molecule has 0 saturated heterocycles. The number of hydrogen-bond acceptors (Lipinski definition) is 2. The third-order valence-electron chi connectivity index (χ3n) is 3.80. The highest BCUT2D eigenvalue weighted by Crippen LogP contribution is 2.28. The SMILES string of the molecule is Cc1ccccc1[C@H](C)NC1CCCC1C#N. The Balaban J connectivity index is 2.05. The van der Waals surface area contributed by atoms with Crippen LogP contribution >= 0.6 is 0 Å². The predicted molar refractivity (Wildman–Crippen MR) is 69.5 cm³/mol. The van der Waals surface area contributed by atoms with Crippen LogP contribution in [0.5, 0.6) is 0 Å². The molecule has 2 nitrogen and oxygen atoms in total. The Morgan fingerprint density at radius 2 is 2.12 bits per heavy atom. The number of nitrogens with one attached hydrogen (secondary N) is 1. The molecule has 0 spiro atoms. The van der Waals surface area contributed by atoms with Crippen molar-refractivity contribution in [1.82, 2.24) is 5.32 Å². The molecule has 1 aromatic carbocycles. The van der Waals surface area contributed by atoms with Gasteiger partial charge in [-0.15, -0.1) is 0 Å². The molecule has 17 heavy (non-hydrogen) atoms. The second-order valence-electron chi connectivity index (χ2n) is 5.02. The van der Waals surface area contributed by atoms with Crippen LogP contribution in [-0.2, 0) is 0 Å². The topological polar surface area (TPSA) is 35.8 Å². The Kier molecular flexibility index (Phi) is 3.81. The van der Waals surface area contributed by atoms with Crippen molar-refractivity contribution in [1.29, 1.82) is 5.26 Å². The summed E-state index contributed by atoms with van der Waals surface area (Å²) in [5, 5.41) is 12.7. The smallest absolute Gasteiger partial charge is 0.0672 e. The van der Waals surface area contributed by atoms with E-state index in [1.54, 1.807) is 0 Å². The van der Waals surface area contributed by atoms with Crippen LogP contribution in [0.25, 0.3) is 0 Å². The van der Waals surface area contributed by atoms with Crippen molar-refractivity contribution in [3.05, 3.63) is 35.4 Å². The highest BCUT2D eigenvalue weighted by atomic mass is 15.0. The average Bonchev–Trinajstić information content (AvgIpc) is 2.76. The van der Waals surface area contributed by atoms with Crippen LogP contribution in [0.2, 0.25) is 0 Å². The van der Waals surface area contributed by atoms with Gasteiger partial charge in [-0.05, 0) is 37.8 Å². The molecular formula is C15H20N2. The quantitative estimate of drug-likeness (QED) is 0.861. The molecule has 2 rings (SSSR count). The Labute approximate surface area is 104 Å². The molecular weight excluding hydrogens is 208 g/mol. The van der Waals surface area contributed by atoms with Crippen LogP contribution in [0.3, 0.4) is 0 Å². The number of aryl methyl sites for hydroxylation is 1. The minimum absolute atomic E-state index is 0.196. The van der Waals surface area contributed by atoms with E-state index < -0.39 is 0 Å². The molecule has 1 fully saturated rings. The van der Waals surface area contributed by atoms with Gasteiger partial charge in [0.15, 0.2) is 0 Å². The average molecular weight is 228 g/mol. The van der Waals surface area contributed by atoms with Crippen molar-refractivity contribution in [2.24, 2.45) is 5.92 Å². The molecule has 0 bridgehead atoms. The van der Waals surface area contributed by atoms with Crippen LogP contribution in [0.4, 0.5) is 0 Å². The molecule has 1 aromatic rings. The summed E-state index contributed by atoms with van der Waals surface area (Å²) in [6.07, 6.45) is 3.36. The van der Waals surface area contributed by atoms with Gasteiger partial charge < -0.3 is 5.32 Å². The highest BCUT2D eigenvalue weighted by molar-refractivity contribution is 5.28. The summed E-state index contributed by atoms with van der Waals surface area (Å²) in [6.45, 7) is 4.33. The van der Waals surface area contributed by atoms with E-state index in [1.165, 1.54) is 17.5 Å². The lowest BCUT2D eigenvalue weighted by atomic mass is 9.99. The molecule has 2 heteroatoms. The molecule has 1 aliphatic rings. The molecule has 0 amide bonds. The minimum Gasteiger partial charge on any atom is -0.306 e. The van der Waals surface area contributed by atoms with Crippen molar-refractivity contribution in [2.45, 2.75) is 45.2 Å². The first-order chi connectivity index (χ1) is 8.22. The third kappa shape index (κ3) is 2.68. The van der Waals surface area contributed by atoms with Gasteiger partial charge in [0.1, 0.15) is 0 Å². The zero-order valence-electron chi connectivity index (χ0n) is 10.6. The fourth-order valence-corrected chi connectivity index (χ4v) is 2.80. The molecule has 2 unspecified atom stereocenters. The lowest BCUT2D eigenvalue weighted by Crippen LogP contribution is -2.34. The molecule has 0 radical (unpaired) electrons. The molecule has 0 aliphatic heterocycles. The third-order valence-corrected chi connectivity index (χ3v) is 3.80. The largest absolute Gasteiger partial charge is 0.306 e. The first kappa shape index (κ1) is 12.1. The first-order valence-corrected chi connectivity index (χ1v) is 6.43. The van der Waals surface area contributed by atoms with E-state index in [1.807, 2.05) is 0 Å². The van der Waals surface area contributed by atoms with Crippen LogP contribution < -0.4 is 5.32 Å². The number of nitriles is 1. The van der Waals surface area contributed by atoms with Crippen molar-refractivity contribution < 1.29 is 0 Å². The monoisotopic (exact) mass is 228 g/mol. The maximum absolute atomic E-state index is 9.08. The number of rotatable bonds is 3. The maximum Gasteiger partial charge on any atom is 0.0672 e. The van der Waals surface area contributed by atoms with Crippen LogP contribution in [0.15, 0.2) is 24.3 Å². The van der Waals surface area contributed by atoms with Crippen molar-refractivity contribution in [2.75, 3.05) is 0 Å². The summed E-state index contributed by atoms with van der Waals surface area (Å²) < 4.78 is 0. The van der Waals surface area contributed by atoms with E-state index in [-0.39, 0.29) is 5.92 Å². The standard InChI is InChI=1S/C15H20N2/c1-11-6-3-4-8-14(11)12(2)17-15-9-5-7-13(15)10-16/h3-4,6,8,12-13,15,17H,5,7,9H2,1-2H3/t12-,13?,15?/m0/s1. The van der Waals surface area contributed by atoms with Gasteiger partial charge in [-0.1, -0.05) is 30.7 Å². The molecule has 0 heterocycles. The van der Waals surface area contributed by atoms with E-state index >= 15 is 0 Å². The van der Waals surface area contributed by atoms with Crippen LogP contribution in [-0.4, -0.2) is 6.04 Å². The summed E-state index contributed by atoms with van der Waals surface area (Å²) in [6, 6.07) is 11.6. The van der Waals surface area contributed by atoms with Crippen molar-refractivity contribution in [3.8, 4) is 6.07 Å². The zero-order valence-corrected chi connectivity index (χ0v) is 10.6. The van der Waals surface area contributed by atoms with Gasteiger partial charge in [0.2, 0.25) is 0 Å². The van der Waals surface area contributed by atoms with E-state index in [0.717, 1.165) is 12.8 Å². The fraction of sp³-hybridized carbons (Fsp3) is 0.533. The molecule has 3 atom stereocenters. The van der Waals surface area contributed by atoms with Crippen LogP contribution in [0, 0.1) is 24.2 Å². The summed E-state index contributed by atoms with van der Waals surface area (Å²) in [4.78, 5) is 0. The summed E-state index contributed by atoms with van der Waals surface area (Å²) >= 11 is 0. The van der Waals surface area contributed by atoms with Gasteiger partial charge in [0, 0.05) is 12.1 Å². The minimum atomic E-state index is 0.196. The molecule has 90 valence electrons. The van der Waals surface area contributed by atoms with Crippen molar-refractivity contribution >= 4 is 0 Å². The normalized spacial score (nSPS) is 25.5. The van der Waals surface area contributed by atoms with E-state index in [2.05, 4.69) is 49.5 Å². The van der Waals surface area contributed by atoms with Crippen LogP contribution in [0.1, 0.15) is 43.4 Å². The van der Waals surface area contributed by atoms with E-state index in [9.17, 15) is 0 Å². The van der Waals surface area contributed by atoms with E-state index in [4.69, 9.17) is 5.26 Å². The Hall–Kier alpha value is -1.33. The number of benzene rings is 1. The Morgan fingerprint density at radius 1 is 1.35 bits per heavy atom. The summed E-state index contributed by atoms with van der Waals surface area (Å²) in [5.74, 6) is 0.196.